The van der Waals surface area contributed by atoms with E-state index in [0.29, 0.717) is 5.56 Å². The smallest absolute Gasteiger partial charge is 0.269 e. The molecule has 1 aliphatic heterocycles. The molecule has 21 heavy (non-hydrogen) atoms. The number of anilines is 1. The summed E-state index contributed by atoms with van der Waals surface area (Å²) >= 11 is 0. The third-order valence-corrected chi connectivity index (χ3v) is 3.48. The number of hydrazine groups is 1. The molecule has 0 radical (unpaired) electrons. The maximum Gasteiger partial charge on any atom is 0.269 e. The van der Waals surface area contributed by atoms with Crippen molar-refractivity contribution in [3.8, 4) is 0 Å². The first-order valence-corrected chi connectivity index (χ1v) is 6.38. The number of rotatable bonds is 3. The van der Waals surface area contributed by atoms with Crippen molar-refractivity contribution >= 4 is 29.1 Å². The Morgan fingerprint density at radius 2 is 1.81 bits per heavy atom. The number of hydrogen-bond acceptors (Lipinski definition) is 4. The van der Waals surface area contributed by atoms with Crippen LogP contribution in [0.3, 0.4) is 0 Å². The maximum atomic E-state index is 12.0. The van der Waals surface area contributed by atoms with Crippen LogP contribution in [0.15, 0.2) is 53.5 Å². The highest BCUT2D eigenvalue weighted by molar-refractivity contribution is 6.23. The Morgan fingerprint density at radius 3 is 2.62 bits per heavy atom. The van der Waals surface area contributed by atoms with Crippen LogP contribution in [0.4, 0.5) is 11.4 Å². The summed E-state index contributed by atoms with van der Waals surface area (Å²) < 4.78 is 0. The van der Waals surface area contributed by atoms with Crippen LogP contribution >= 0.6 is 0 Å². The van der Waals surface area contributed by atoms with Crippen molar-refractivity contribution in [2.45, 2.75) is 0 Å². The van der Waals surface area contributed by atoms with Gasteiger partial charge in [-0.2, -0.15) is 0 Å². The van der Waals surface area contributed by atoms with Gasteiger partial charge in [0, 0.05) is 16.7 Å². The molecule has 2 aliphatic rings. The van der Waals surface area contributed by atoms with Crippen molar-refractivity contribution in [1.82, 2.24) is 11.6 Å². The van der Waals surface area contributed by atoms with Crippen LogP contribution in [0.2, 0.25) is 0 Å². The molecule has 0 aromatic heterocycles. The normalized spacial score (nSPS) is 12.7. The topological polar surface area (TPSA) is 88.5 Å². The lowest BCUT2D eigenvalue weighted by Gasteiger charge is -2.11. The van der Waals surface area contributed by atoms with E-state index in [1.807, 2.05) is 36.4 Å². The van der Waals surface area contributed by atoms with Gasteiger partial charge in [-0.3, -0.25) is 15.6 Å². The highest BCUT2D eigenvalue weighted by Gasteiger charge is 2.24. The Hall–Kier alpha value is -2.92. The SMILES string of the molecule is N.O=C(NNc1ccc2c3c1N=C2C=C3)c1ccccc1. The first-order valence-electron chi connectivity index (χ1n) is 6.38. The number of benzene rings is 2. The molecule has 2 aromatic rings. The molecule has 5 heteroatoms. The highest BCUT2D eigenvalue weighted by Crippen LogP contribution is 2.42. The fourth-order valence-electron chi connectivity index (χ4n) is 2.48. The molecule has 1 amide bonds. The van der Waals surface area contributed by atoms with Gasteiger partial charge in [-0.1, -0.05) is 18.2 Å². The summed E-state index contributed by atoms with van der Waals surface area (Å²) in [5.74, 6) is -0.168. The minimum absolute atomic E-state index is 0. The average molecular weight is 278 g/mol. The van der Waals surface area contributed by atoms with E-state index < -0.39 is 0 Å². The molecule has 0 unspecified atom stereocenters. The second-order valence-electron chi connectivity index (χ2n) is 4.70. The molecule has 5 N–H and O–H groups in total. The lowest BCUT2D eigenvalue weighted by Crippen LogP contribution is -2.29. The van der Waals surface area contributed by atoms with E-state index in [0.717, 1.165) is 22.6 Å². The number of amides is 1. The average Bonchev–Trinajstić information content (AvgIpc) is 3.01. The van der Waals surface area contributed by atoms with Gasteiger partial charge in [0.15, 0.2) is 0 Å². The van der Waals surface area contributed by atoms with Gasteiger partial charge in [0.1, 0.15) is 0 Å². The van der Waals surface area contributed by atoms with Gasteiger partial charge in [0.2, 0.25) is 0 Å². The standard InChI is InChI=1S/C16H11N3O.H3N/c20-16(10-4-2-1-3-5-10)19-18-14-9-6-11-12-7-8-13(11)17-15(12)14;/h1-9,18H,(H,19,20);1H3. The fourth-order valence-corrected chi connectivity index (χ4v) is 2.48. The third-order valence-electron chi connectivity index (χ3n) is 3.48. The first-order chi connectivity index (χ1) is 9.83. The number of carbonyl (C=O) groups excluding carboxylic acids is 1. The van der Waals surface area contributed by atoms with Crippen LogP contribution in [0.25, 0.3) is 6.08 Å². The summed E-state index contributed by atoms with van der Waals surface area (Å²) in [6, 6.07) is 13.0. The molecule has 2 aromatic carbocycles. The van der Waals surface area contributed by atoms with Crippen LogP contribution in [-0.2, 0) is 0 Å². The molecular formula is C16H14N4O. The number of nitrogens with zero attached hydrogens (tertiary/aromatic N) is 1. The Labute approximate surface area is 122 Å². The lowest BCUT2D eigenvalue weighted by atomic mass is 10.1. The predicted molar refractivity (Wildman–Crippen MR) is 84.2 cm³/mol. The number of aliphatic imine (C=N–C) groups is 1. The minimum Gasteiger partial charge on any atom is -0.344 e. The molecule has 4 bridgehead atoms. The van der Waals surface area contributed by atoms with Gasteiger partial charge in [-0.25, -0.2) is 4.99 Å². The molecule has 0 atom stereocenters. The van der Waals surface area contributed by atoms with Crippen molar-refractivity contribution < 1.29 is 4.79 Å². The van der Waals surface area contributed by atoms with E-state index in [2.05, 4.69) is 21.9 Å². The molecule has 104 valence electrons. The molecule has 1 heterocycles. The first kappa shape index (κ1) is 13.1. The quantitative estimate of drug-likeness (QED) is 0.754. The summed E-state index contributed by atoms with van der Waals surface area (Å²) in [6.45, 7) is 0. The maximum absolute atomic E-state index is 12.0. The molecule has 4 rings (SSSR count). The second kappa shape index (κ2) is 4.88. The van der Waals surface area contributed by atoms with Crippen LogP contribution in [-0.4, -0.2) is 11.6 Å². The van der Waals surface area contributed by atoms with Crippen molar-refractivity contribution in [3.05, 3.63) is 65.2 Å². The van der Waals surface area contributed by atoms with Gasteiger partial charge < -0.3 is 6.15 Å². The second-order valence-corrected chi connectivity index (χ2v) is 4.70. The zero-order chi connectivity index (χ0) is 13.5. The summed E-state index contributed by atoms with van der Waals surface area (Å²) in [4.78, 5) is 16.5. The van der Waals surface area contributed by atoms with Gasteiger partial charge in [-0.15, -0.1) is 0 Å². The number of allylic oxidation sites excluding steroid dienone is 1. The van der Waals surface area contributed by atoms with Crippen molar-refractivity contribution in [3.63, 3.8) is 0 Å². The summed E-state index contributed by atoms with van der Waals surface area (Å²) in [6.07, 6.45) is 4.06. The third kappa shape index (κ3) is 2.00. The lowest BCUT2D eigenvalue weighted by molar-refractivity contribution is 0.0962. The van der Waals surface area contributed by atoms with Crippen molar-refractivity contribution in [2.75, 3.05) is 5.43 Å². The molecule has 0 fully saturated rings. The van der Waals surface area contributed by atoms with E-state index in [4.69, 9.17) is 0 Å². The Morgan fingerprint density at radius 1 is 1.00 bits per heavy atom. The fraction of sp³-hybridized carbons (Fsp3) is 0. The van der Waals surface area contributed by atoms with E-state index >= 15 is 0 Å². The van der Waals surface area contributed by atoms with Gasteiger partial charge >= 0.3 is 0 Å². The number of carbonyl (C=O) groups is 1. The molecule has 0 saturated heterocycles. The number of nitrogens with one attached hydrogen (secondary N) is 2. The van der Waals surface area contributed by atoms with E-state index in [-0.39, 0.29) is 12.1 Å². The summed E-state index contributed by atoms with van der Waals surface area (Å²) in [7, 11) is 0. The predicted octanol–water partition coefficient (Wildman–Crippen LogP) is 3.07. The van der Waals surface area contributed by atoms with Crippen molar-refractivity contribution in [2.24, 2.45) is 4.99 Å². The zero-order valence-corrected chi connectivity index (χ0v) is 11.3. The van der Waals surface area contributed by atoms with Crippen molar-refractivity contribution in [1.29, 1.82) is 0 Å². The highest BCUT2D eigenvalue weighted by atomic mass is 16.2. The monoisotopic (exact) mass is 278 g/mol. The van der Waals surface area contributed by atoms with E-state index in [1.165, 1.54) is 5.56 Å². The van der Waals surface area contributed by atoms with Gasteiger partial charge in [0.25, 0.3) is 5.91 Å². The Bertz CT molecular complexity index is 778. The molecule has 0 spiro atoms. The Balaban J connectivity index is 0.00000132. The van der Waals surface area contributed by atoms with Gasteiger partial charge in [0.05, 0.1) is 17.1 Å². The van der Waals surface area contributed by atoms with Gasteiger partial charge in [-0.05, 0) is 36.4 Å². The summed E-state index contributed by atoms with van der Waals surface area (Å²) in [5, 5.41) is 0. The summed E-state index contributed by atoms with van der Waals surface area (Å²) in [5.41, 5.74) is 11.3. The molecule has 1 aliphatic carbocycles. The Kier molecular flexibility index (Phi) is 3.04. The van der Waals surface area contributed by atoms with E-state index in [1.54, 1.807) is 12.1 Å². The largest absolute Gasteiger partial charge is 0.344 e. The molecule has 5 nitrogen and oxygen atoms in total. The number of hydrogen-bond donors (Lipinski definition) is 3. The molecule has 0 saturated carbocycles. The van der Waals surface area contributed by atoms with Crippen LogP contribution in [0.1, 0.15) is 21.5 Å². The van der Waals surface area contributed by atoms with Crippen LogP contribution < -0.4 is 17.0 Å². The minimum atomic E-state index is -0.168. The molecular weight excluding hydrogens is 264 g/mol. The zero-order valence-electron chi connectivity index (χ0n) is 11.3. The van der Waals surface area contributed by atoms with E-state index in [9.17, 15) is 4.79 Å². The van der Waals surface area contributed by atoms with Crippen LogP contribution in [0, 0.1) is 0 Å². The van der Waals surface area contributed by atoms with Crippen LogP contribution in [0.5, 0.6) is 0 Å².